The number of ether oxygens (including phenoxy) is 2. The predicted molar refractivity (Wildman–Crippen MR) is 183 cm³/mol. The van der Waals surface area contributed by atoms with Crippen LogP contribution >= 0.6 is 11.6 Å². The lowest BCUT2D eigenvalue weighted by Gasteiger charge is -2.19. The fourth-order valence-corrected chi connectivity index (χ4v) is 5.05. The van der Waals surface area contributed by atoms with Crippen molar-refractivity contribution in [1.82, 2.24) is 25.6 Å². The Kier molecular flexibility index (Phi) is 12.1. The van der Waals surface area contributed by atoms with Gasteiger partial charge in [0, 0.05) is 28.9 Å². The largest absolute Gasteiger partial charge is 0.467 e. The molecule has 20 heteroatoms. The summed E-state index contributed by atoms with van der Waals surface area (Å²) >= 11 is 6.01. The van der Waals surface area contributed by atoms with Gasteiger partial charge in [0.05, 0.1) is 18.3 Å². The quantitative estimate of drug-likeness (QED) is 0.0659. The number of hydrogen-bond acceptors (Lipinski definition) is 11. The first-order valence-corrected chi connectivity index (χ1v) is 16.3. The summed E-state index contributed by atoms with van der Waals surface area (Å²) in [6.45, 7) is -1.95. The molecule has 5 N–H and O–H groups in total. The van der Waals surface area contributed by atoms with Crippen LogP contribution in [0.1, 0.15) is 35.2 Å². The Hall–Kier alpha value is -6.11. The van der Waals surface area contributed by atoms with E-state index in [1.807, 2.05) is 17.4 Å². The zero-order chi connectivity index (χ0) is 39.0. The van der Waals surface area contributed by atoms with Gasteiger partial charge in [0.15, 0.2) is 6.61 Å². The van der Waals surface area contributed by atoms with E-state index in [0.29, 0.717) is 29.6 Å². The Morgan fingerprint density at radius 3 is 2.24 bits per heavy atom. The summed E-state index contributed by atoms with van der Waals surface area (Å²) in [7, 11) is 1.07. The van der Waals surface area contributed by atoms with Crippen molar-refractivity contribution in [2.24, 2.45) is 0 Å². The fraction of sp³-hybridized carbons (Fsp3) is 0.265. The lowest BCUT2D eigenvalue weighted by molar-refractivity contribution is -0.154. The number of halogens is 6. The van der Waals surface area contributed by atoms with Crippen molar-refractivity contribution in [3.8, 4) is 6.01 Å². The van der Waals surface area contributed by atoms with Gasteiger partial charge in [-0.15, -0.1) is 0 Å². The maximum absolute atomic E-state index is 13.8. The second kappa shape index (κ2) is 16.7. The number of methoxy groups -OCH3 is 1. The number of benzene rings is 3. The molecular weight excluding hydrogens is 747 g/mol. The maximum Gasteiger partial charge on any atom is 0.422 e. The number of hydrogen-bond donors (Lipinski definition) is 5. The Balaban J connectivity index is 1.21. The number of amides is 3. The number of alkyl halides is 3. The topological polar surface area (TPSA) is 186 Å². The Labute approximate surface area is 308 Å². The molecule has 1 aliphatic rings. The SMILES string of the molecule is COC(=O)[C@H](CCNC(=O)C(=O)Nc1cc(F)ccc1F)NC(=O)c1ccc(Nc2nc(NC3(c4ccc(Cl)cc4)CC3)nc(OCC(F)(F)F)n2)cc1. The molecule has 3 aromatic carbocycles. The van der Waals surface area contributed by atoms with E-state index in [2.05, 4.69) is 36.2 Å². The minimum absolute atomic E-state index is 0.0562. The van der Waals surface area contributed by atoms with Crippen LogP contribution in [0.4, 0.5) is 45.2 Å². The zero-order valence-electron chi connectivity index (χ0n) is 28.0. The van der Waals surface area contributed by atoms with Crippen molar-refractivity contribution < 1.29 is 50.6 Å². The van der Waals surface area contributed by atoms with Gasteiger partial charge in [-0.25, -0.2) is 13.6 Å². The monoisotopic (exact) mass is 776 g/mol. The van der Waals surface area contributed by atoms with E-state index in [9.17, 15) is 41.1 Å². The van der Waals surface area contributed by atoms with Crippen LogP contribution < -0.4 is 31.3 Å². The molecule has 0 spiro atoms. The van der Waals surface area contributed by atoms with Gasteiger partial charge in [0.1, 0.15) is 17.7 Å². The Bertz CT molecular complexity index is 2020. The molecule has 0 saturated heterocycles. The number of esters is 1. The van der Waals surface area contributed by atoms with Crippen LogP contribution in [0.2, 0.25) is 5.02 Å². The third kappa shape index (κ3) is 10.7. The molecule has 1 aliphatic carbocycles. The van der Waals surface area contributed by atoms with E-state index in [4.69, 9.17) is 21.1 Å². The Morgan fingerprint density at radius 1 is 0.907 bits per heavy atom. The van der Waals surface area contributed by atoms with Gasteiger partial charge in [0.25, 0.3) is 5.91 Å². The third-order valence-corrected chi connectivity index (χ3v) is 8.03. The molecule has 3 amide bonds. The standard InChI is InChI=1S/C34H30ClF5N8O6/c1-53-29(52)24(12-15-41-27(50)28(51)44-25-16-21(36)8-11-23(25)37)43-26(49)18-2-9-22(10-3-18)42-30-45-31(47-32(46-30)54-17-34(38,39)40)48-33(13-14-33)19-4-6-20(35)7-5-19/h2-11,16,24H,12-15,17H2,1H3,(H,41,50)(H,43,49)(H,44,51)(H2,42,45,46,47,48)/t24-/m0/s1. The van der Waals surface area contributed by atoms with E-state index in [0.717, 1.165) is 24.8 Å². The summed E-state index contributed by atoms with van der Waals surface area (Å²) in [4.78, 5) is 62.0. The van der Waals surface area contributed by atoms with Crippen LogP contribution in [-0.4, -0.2) is 71.1 Å². The lowest BCUT2D eigenvalue weighted by Crippen LogP contribution is -2.44. The second-order valence-corrected chi connectivity index (χ2v) is 12.2. The average molecular weight is 777 g/mol. The molecule has 1 fully saturated rings. The van der Waals surface area contributed by atoms with Gasteiger partial charge < -0.3 is 36.1 Å². The van der Waals surface area contributed by atoms with Gasteiger partial charge in [0.2, 0.25) is 11.9 Å². The maximum atomic E-state index is 13.8. The van der Waals surface area contributed by atoms with Crippen molar-refractivity contribution >= 4 is 58.6 Å². The van der Waals surface area contributed by atoms with Crippen LogP contribution in [0.25, 0.3) is 0 Å². The van der Waals surface area contributed by atoms with Gasteiger partial charge >= 0.3 is 30.0 Å². The molecular formula is C34H30ClF5N8O6. The molecule has 0 radical (unpaired) electrons. The molecule has 0 bridgehead atoms. The third-order valence-electron chi connectivity index (χ3n) is 7.77. The number of anilines is 4. The average Bonchev–Trinajstić information content (AvgIpc) is 3.91. The van der Waals surface area contributed by atoms with E-state index in [1.54, 1.807) is 12.1 Å². The van der Waals surface area contributed by atoms with Crippen LogP contribution in [0, 0.1) is 11.6 Å². The summed E-state index contributed by atoms with van der Waals surface area (Å²) in [5.74, 6) is -6.15. The molecule has 1 aromatic heterocycles. The summed E-state index contributed by atoms with van der Waals surface area (Å²) < 4.78 is 75.5. The van der Waals surface area contributed by atoms with Crippen molar-refractivity contribution in [3.05, 3.63) is 94.5 Å². The molecule has 284 valence electrons. The number of aromatic nitrogens is 3. The van der Waals surface area contributed by atoms with Crippen molar-refractivity contribution in [2.75, 3.05) is 36.2 Å². The first kappa shape index (κ1) is 39.1. The molecule has 1 atom stereocenters. The number of rotatable bonds is 14. The van der Waals surface area contributed by atoms with Crippen LogP contribution in [-0.2, 0) is 24.7 Å². The molecule has 4 aromatic rings. The minimum atomic E-state index is -4.66. The van der Waals surface area contributed by atoms with Gasteiger partial charge in [-0.2, -0.15) is 28.1 Å². The highest BCUT2D eigenvalue weighted by molar-refractivity contribution is 6.39. The van der Waals surface area contributed by atoms with Crippen LogP contribution in [0.5, 0.6) is 6.01 Å². The van der Waals surface area contributed by atoms with E-state index >= 15 is 0 Å². The van der Waals surface area contributed by atoms with Crippen LogP contribution in [0.15, 0.2) is 66.7 Å². The highest BCUT2D eigenvalue weighted by Crippen LogP contribution is 2.48. The first-order valence-electron chi connectivity index (χ1n) is 15.9. The normalized spacial score (nSPS) is 13.5. The van der Waals surface area contributed by atoms with Gasteiger partial charge in [-0.05, 0) is 73.4 Å². The zero-order valence-corrected chi connectivity index (χ0v) is 28.8. The van der Waals surface area contributed by atoms with E-state index in [-0.39, 0.29) is 30.4 Å². The highest BCUT2D eigenvalue weighted by atomic mass is 35.5. The summed E-state index contributed by atoms with van der Waals surface area (Å²) in [6.07, 6.45) is -3.50. The number of carbonyl (C=O) groups excluding carboxylic acids is 4. The van der Waals surface area contributed by atoms with Crippen molar-refractivity contribution in [1.29, 1.82) is 0 Å². The van der Waals surface area contributed by atoms with Gasteiger partial charge in [-0.3, -0.25) is 14.4 Å². The molecule has 5 rings (SSSR count). The fourth-order valence-electron chi connectivity index (χ4n) is 4.92. The summed E-state index contributed by atoms with van der Waals surface area (Å²) in [5, 5.41) is 13.1. The van der Waals surface area contributed by atoms with Gasteiger partial charge in [-0.1, -0.05) is 23.7 Å². The molecule has 0 aliphatic heterocycles. The summed E-state index contributed by atoms with van der Waals surface area (Å²) in [6, 6.07) is 13.1. The number of carbonyl (C=O) groups is 4. The first-order chi connectivity index (χ1) is 25.6. The molecule has 14 nitrogen and oxygen atoms in total. The second-order valence-electron chi connectivity index (χ2n) is 11.8. The number of nitrogens with zero attached hydrogens (tertiary/aromatic N) is 3. The molecule has 1 heterocycles. The summed E-state index contributed by atoms with van der Waals surface area (Å²) in [5.41, 5.74) is 0.124. The Morgan fingerprint density at radius 2 is 1.59 bits per heavy atom. The molecule has 0 unspecified atom stereocenters. The smallest absolute Gasteiger partial charge is 0.422 e. The molecule has 54 heavy (non-hydrogen) atoms. The molecule has 1 saturated carbocycles. The minimum Gasteiger partial charge on any atom is -0.467 e. The van der Waals surface area contributed by atoms with Crippen molar-refractivity contribution in [2.45, 2.75) is 37.0 Å². The highest BCUT2D eigenvalue weighted by Gasteiger charge is 2.45. The van der Waals surface area contributed by atoms with Crippen LogP contribution in [0.3, 0.4) is 0 Å². The number of nitrogens with one attached hydrogen (secondary N) is 5. The van der Waals surface area contributed by atoms with Crippen molar-refractivity contribution in [3.63, 3.8) is 0 Å². The lowest BCUT2D eigenvalue weighted by atomic mass is 10.1. The predicted octanol–water partition coefficient (Wildman–Crippen LogP) is 5.01. The van der Waals surface area contributed by atoms with E-state index < -0.39 is 71.4 Å². The van der Waals surface area contributed by atoms with E-state index in [1.165, 1.54) is 24.3 Å².